The van der Waals surface area contributed by atoms with Crippen molar-refractivity contribution in [2.75, 3.05) is 18.5 Å². The van der Waals surface area contributed by atoms with Gasteiger partial charge in [0.2, 0.25) is 0 Å². The quantitative estimate of drug-likeness (QED) is 0.171. The van der Waals surface area contributed by atoms with E-state index in [4.69, 9.17) is 14.2 Å². The predicted octanol–water partition coefficient (Wildman–Crippen LogP) is 5.31. The Labute approximate surface area is 221 Å². The third-order valence-corrected chi connectivity index (χ3v) is 5.54. The first-order valence-electron chi connectivity index (χ1n) is 12.3. The summed E-state index contributed by atoms with van der Waals surface area (Å²) in [6.07, 6.45) is 1.43. The molecule has 0 saturated carbocycles. The minimum atomic E-state index is -0.893. The van der Waals surface area contributed by atoms with Crippen molar-refractivity contribution in [2.24, 2.45) is 5.10 Å². The molecule has 0 aliphatic rings. The van der Waals surface area contributed by atoms with Gasteiger partial charge >= 0.3 is 11.8 Å². The number of carbonyl (C=O) groups excluding carboxylic acids is 2. The highest BCUT2D eigenvalue weighted by molar-refractivity contribution is 6.39. The molecule has 0 atom stereocenters. The maximum Gasteiger partial charge on any atom is 0.329 e. The number of amides is 2. The molecule has 4 aromatic rings. The second-order valence-corrected chi connectivity index (χ2v) is 8.18. The molecule has 0 aliphatic heterocycles. The number of rotatable bonds is 10. The van der Waals surface area contributed by atoms with Gasteiger partial charge in [0.05, 0.1) is 19.4 Å². The zero-order valence-electron chi connectivity index (χ0n) is 21.3. The number of ether oxygens (including phenoxy) is 3. The van der Waals surface area contributed by atoms with Gasteiger partial charge in [0.15, 0.2) is 11.5 Å². The lowest BCUT2D eigenvalue weighted by Crippen LogP contribution is -2.32. The lowest BCUT2D eigenvalue weighted by Gasteiger charge is -2.13. The summed E-state index contributed by atoms with van der Waals surface area (Å²) in [7, 11) is 0. The molecule has 0 unspecified atom stereocenters. The highest BCUT2D eigenvalue weighted by Crippen LogP contribution is 2.30. The maximum atomic E-state index is 12.2. The molecule has 0 aromatic heterocycles. The number of nitrogens with zero attached hydrogens (tertiary/aromatic N) is 1. The Morgan fingerprint density at radius 1 is 0.789 bits per heavy atom. The lowest BCUT2D eigenvalue weighted by molar-refractivity contribution is -0.136. The molecule has 0 fully saturated rings. The van der Waals surface area contributed by atoms with E-state index in [0.29, 0.717) is 48.3 Å². The summed E-state index contributed by atoms with van der Waals surface area (Å²) in [4.78, 5) is 24.3. The van der Waals surface area contributed by atoms with Crippen LogP contribution in [0.4, 0.5) is 5.69 Å². The van der Waals surface area contributed by atoms with Gasteiger partial charge in [-0.1, -0.05) is 42.5 Å². The summed E-state index contributed by atoms with van der Waals surface area (Å²) in [5.41, 5.74) is 4.44. The van der Waals surface area contributed by atoms with Crippen LogP contribution in [0.25, 0.3) is 10.8 Å². The number of hydrogen-bond donors (Lipinski definition) is 2. The highest BCUT2D eigenvalue weighted by Gasteiger charge is 2.13. The van der Waals surface area contributed by atoms with Crippen molar-refractivity contribution in [3.63, 3.8) is 0 Å². The van der Waals surface area contributed by atoms with Crippen LogP contribution < -0.4 is 25.0 Å². The fourth-order valence-electron chi connectivity index (χ4n) is 3.77. The average Bonchev–Trinajstić information content (AvgIpc) is 2.94. The Morgan fingerprint density at radius 2 is 1.55 bits per heavy atom. The van der Waals surface area contributed by atoms with Crippen LogP contribution in [0.1, 0.15) is 25.0 Å². The summed E-state index contributed by atoms with van der Waals surface area (Å²) in [5, 5.41) is 8.71. The number of hydrazone groups is 1. The van der Waals surface area contributed by atoms with Crippen LogP contribution in [0.5, 0.6) is 17.2 Å². The molecule has 0 saturated heterocycles. The Morgan fingerprint density at radius 3 is 2.34 bits per heavy atom. The molecule has 0 aliphatic carbocycles. The van der Waals surface area contributed by atoms with E-state index in [0.717, 1.165) is 16.3 Å². The van der Waals surface area contributed by atoms with E-state index >= 15 is 0 Å². The van der Waals surface area contributed by atoms with Crippen LogP contribution in [-0.2, 0) is 16.2 Å². The smallest absolute Gasteiger partial charge is 0.329 e. The van der Waals surface area contributed by atoms with E-state index in [2.05, 4.69) is 34.0 Å². The monoisotopic (exact) mass is 511 g/mol. The first-order chi connectivity index (χ1) is 18.6. The van der Waals surface area contributed by atoms with E-state index in [9.17, 15) is 9.59 Å². The van der Waals surface area contributed by atoms with E-state index < -0.39 is 11.8 Å². The third-order valence-electron chi connectivity index (χ3n) is 5.54. The van der Waals surface area contributed by atoms with Crippen molar-refractivity contribution in [1.82, 2.24) is 5.43 Å². The number of carbonyl (C=O) groups is 2. The average molecular weight is 512 g/mol. The number of fused-ring (bicyclic) bond motifs is 1. The second-order valence-electron chi connectivity index (χ2n) is 8.18. The number of nitrogens with one attached hydrogen (secondary N) is 2. The molecule has 38 heavy (non-hydrogen) atoms. The van der Waals surface area contributed by atoms with Gasteiger partial charge in [0, 0.05) is 5.69 Å². The summed E-state index contributed by atoms with van der Waals surface area (Å²) in [6.45, 7) is 5.15. The van der Waals surface area contributed by atoms with Gasteiger partial charge in [-0.2, -0.15) is 5.10 Å². The molecule has 0 heterocycles. The minimum Gasteiger partial charge on any atom is -0.494 e. The molecule has 8 heteroatoms. The van der Waals surface area contributed by atoms with Crippen molar-refractivity contribution in [2.45, 2.75) is 20.5 Å². The third kappa shape index (κ3) is 6.88. The van der Waals surface area contributed by atoms with Gasteiger partial charge in [-0.25, -0.2) is 5.43 Å². The summed E-state index contributed by atoms with van der Waals surface area (Å²) < 4.78 is 17.2. The predicted molar refractivity (Wildman–Crippen MR) is 148 cm³/mol. The highest BCUT2D eigenvalue weighted by atomic mass is 16.5. The molecule has 4 aromatic carbocycles. The molecule has 4 rings (SSSR count). The van der Waals surface area contributed by atoms with Crippen LogP contribution >= 0.6 is 0 Å². The van der Waals surface area contributed by atoms with Gasteiger partial charge in [-0.3, -0.25) is 9.59 Å². The Hall–Kier alpha value is -4.85. The van der Waals surface area contributed by atoms with Gasteiger partial charge in [-0.15, -0.1) is 0 Å². The molecule has 2 N–H and O–H groups in total. The number of hydrogen-bond acceptors (Lipinski definition) is 6. The minimum absolute atomic E-state index is 0.383. The SMILES string of the molecule is CCOc1ccc(NC(=O)C(=O)N/N=C/c2ccc(OCc3cccc4ccccc34)c(OCC)c2)cc1. The fraction of sp³-hybridized carbons (Fsp3) is 0.167. The molecule has 194 valence electrons. The van der Waals surface area contributed by atoms with Crippen molar-refractivity contribution in [3.8, 4) is 17.2 Å². The molecular weight excluding hydrogens is 482 g/mol. The lowest BCUT2D eigenvalue weighted by atomic mass is 10.1. The van der Waals surface area contributed by atoms with E-state index in [1.54, 1.807) is 42.5 Å². The van der Waals surface area contributed by atoms with Crippen LogP contribution in [0.3, 0.4) is 0 Å². The Bertz CT molecular complexity index is 1430. The molecular formula is C30H29N3O5. The largest absolute Gasteiger partial charge is 0.494 e. The van der Waals surface area contributed by atoms with Gasteiger partial charge < -0.3 is 19.5 Å². The first-order valence-corrected chi connectivity index (χ1v) is 12.3. The molecule has 0 spiro atoms. The zero-order valence-corrected chi connectivity index (χ0v) is 21.3. The summed E-state index contributed by atoms with van der Waals surface area (Å²) in [5.74, 6) is 0.0941. The van der Waals surface area contributed by atoms with Crippen molar-refractivity contribution in [3.05, 3.63) is 96.1 Å². The Balaban J connectivity index is 1.36. The van der Waals surface area contributed by atoms with Crippen molar-refractivity contribution in [1.29, 1.82) is 0 Å². The van der Waals surface area contributed by atoms with Crippen molar-refractivity contribution < 1.29 is 23.8 Å². The topological polar surface area (TPSA) is 98.2 Å². The fourth-order valence-corrected chi connectivity index (χ4v) is 3.77. The Kier molecular flexibility index (Phi) is 8.91. The van der Waals surface area contributed by atoms with Crippen LogP contribution in [0, 0.1) is 0 Å². The van der Waals surface area contributed by atoms with E-state index in [1.165, 1.54) is 6.21 Å². The number of anilines is 1. The van der Waals surface area contributed by atoms with Gasteiger partial charge in [0.25, 0.3) is 0 Å². The maximum absolute atomic E-state index is 12.2. The first kappa shape index (κ1) is 26.2. The van der Waals surface area contributed by atoms with Crippen LogP contribution in [-0.4, -0.2) is 31.2 Å². The number of benzene rings is 4. The molecule has 0 radical (unpaired) electrons. The van der Waals surface area contributed by atoms with Gasteiger partial charge in [-0.05, 0) is 78.2 Å². The standard InChI is InChI=1S/C30H29N3O5/c1-3-36-25-15-13-24(14-16-25)32-29(34)30(35)33-31-19-21-12-17-27(28(18-21)37-4-2)38-20-23-10-7-9-22-8-5-6-11-26(22)23/h5-19H,3-4,20H2,1-2H3,(H,32,34)(H,33,35)/b31-19+. The van der Waals surface area contributed by atoms with E-state index in [1.807, 2.05) is 38.1 Å². The molecule has 0 bridgehead atoms. The normalized spacial score (nSPS) is 10.8. The van der Waals surface area contributed by atoms with Crippen molar-refractivity contribution >= 4 is 34.5 Å². The van der Waals surface area contributed by atoms with Crippen LogP contribution in [0.2, 0.25) is 0 Å². The second kappa shape index (κ2) is 12.9. The van der Waals surface area contributed by atoms with E-state index in [-0.39, 0.29) is 0 Å². The summed E-state index contributed by atoms with van der Waals surface area (Å²) >= 11 is 0. The van der Waals surface area contributed by atoms with Gasteiger partial charge in [0.1, 0.15) is 12.4 Å². The molecule has 2 amide bonds. The van der Waals surface area contributed by atoms with Crippen LogP contribution in [0.15, 0.2) is 90.0 Å². The zero-order chi connectivity index (χ0) is 26.7. The summed E-state index contributed by atoms with van der Waals surface area (Å²) in [6, 6.07) is 26.3. The molecule has 8 nitrogen and oxygen atoms in total.